The van der Waals surface area contributed by atoms with Crippen LogP contribution in [0.4, 0.5) is 4.79 Å². The predicted octanol–water partition coefficient (Wildman–Crippen LogP) is -0.114. The SMILES string of the molecule is O=C(O)S(=O)O. The van der Waals surface area contributed by atoms with Gasteiger partial charge in [0, 0.05) is 0 Å². The second kappa shape index (κ2) is 1.89. The van der Waals surface area contributed by atoms with E-state index in [1.165, 1.54) is 0 Å². The van der Waals surface area contributed by atoms with Crippen molar-refractivity contribution in [1.29, 1.82) is 0 Å². The molecule has 6 heavy (non-hydrogen) atoms. The van der Waals surface area contributed by atoms with Gasteiger partial charge in [0.05, 0.1) is 0 Å². The molecule has 0 aromatic rings. The third kappa shape index (κ3) is 1.86. The Bertz CT molecular complexity index is 73.5. The van der Waals surface area contributed by atoms with Crippen molar-refractivity contribution in [2.45, 2.75) is 0 Å². The second-order valence-corrected chi connectivity index (χ2v) is 1.36. The van der Waals surface area contributed by atoms with Crippen LogP contribution in [-0.4, -0.2) is 19.2 Å². The predicted molar refractivity (Wildman–Crippen MR) is 18.8 cm³/mol. The van der Waals surface area contributed by atoms with Crippen LogP contribution in [0.5, 0.6) is 0 Å². The highest BCUT2D eigenvalue weighted by molar-refractivity contribution is 7.94. The third-order valence-corrected chi connectivity index (χ3v) is 0.448. The lowest BCUT2D eigenvalue weighted by Gasteiger charge is -1.73. The van der Waals surface area contributed by atoms with E-state index in [0.717, 1.165) is 0 Å². The highest BCUT2D eigenvalue weighted by atomic mass is 32.2. The van der Waals surface area contributed by atoms with E-state index in [9.17, 15) is 4.21 Å². The molecule has 0 rings (SSSR count). The van der Waals surface area contributed by atoms with E-state index in [2.05, 4.69) is 0 Å². The van der Waals surface area contributed by atoms with Gasteiger partial charge in [-0.05, 0) is 0 Å². The quantitative estimate of drug-likeness (QED) is 0.426. The molecule has 5 heteroatoms. The minimum atomic E-state index is -2.70. The zero-order chi connectivity index (χ0) is 5.15. The Hall–Kier alpha value is -0.420. The molecule has 36 valence electrons. The first-order chi connectivity index (χ1) is 2.64. The maximum absolute atomic E-state index is 9.21. The van der Waals surface area contributed by atoms with E-state index < -0.39 is 16.4 Å². The molecule has 0 amide bonds. The van der Waals surface area contributed by atoms with Crippen LogP contribution in [-0.2, 0) is 11.1 Å². The van der Waals surface area contributed by atoms with Gasteiger partial charge in [-0.25, -0.2) is 9.00 Å². The summed E-state index contributed by atoms with van der Waals surface area (Å²) >= 11 is -2.70. The van der Waals surface area contributed by atoms with Gasteiger partial charge < -0.3 is 5.11 Å². The van der Waals surface area contributed by atoms with Crippen molar-refractivity contribution in [2.75, 3.05) is 0 Å². The Morgan fingerprint density at radius 3 is 1.83 bits per heavy atom. The van der Waals surface area contributed by atoms with Crippen molar-refractivity contribution in [1.82, 2.24) is 0 Å². The molecule has 0 saturated carbocycles. The van der Waals surface area contributed by atoms with Crippen LogP contribution in [0.2, 0.25) is 0 Å². The Morgan fingerprint density at radius 2 is 1.83 bits per heavy atom. The fraction of sp³-hybridized carbons (Fsp3) is 0. The summed E-state index contributed by atoms with van der Waals surface area (Å²) in [5, 5.41) is 5.73. The lowest BCUT2D eigenvalue weighted by Crippen LogP contribution is -1.99. The van der Waals surface area contributed by atoms with Crippen molar-refractivity contribution in [3.05, 3.63) is 0 Å². The van der Waals surface area contributed by atoms with Crippen LogP contribution in [0.3, 0.4) is 0 Å². The summed E-state index contributed by atoms with van der Waals surface area (Å²) < 4.78 is 16.7. The molecule has 0 aliphatic heterocycles. The standard InChI is InChI=1S/CH2O4S/c2-1(3)6(4)5/h(H,2,3)(H,4,5). The maximum atomic E-state index is 9.21. The van der Waals surface area contributed by atoms with Gasteiger partial charge in [-0.3, -0.25) is 4.55 Å². The van der Waals surface area contributed by atoms with Gasteiger partial charge in [0.2, 0.25) is 0 Å². The van der Waals surface area contributed by atoms with Gasteiger partial charge in [-0.15, -0.1) is 0 Å². The van der Waals surface area contributed by atoms with Crippen LogP contribution >= 0.6 is 0 Å². The molecule has 0 bridgehead atoms. The lowest BCUT2D eigenvalue weighted by atomic mass is 11.6. The summed E-state index contributed by atoms with van der Waals surface area (Å²) in [6, 6.07) is 0. The van der Waals surface area contributed by atoms with Gasteiger partial charge in [0.15, 0.2) is 0 Å². The second-order valence-electron chi connectivity index (χ2n) is 0.515. The van der Waals surface area contributed by atoms with Crippen molar-refractivity contribution in [3.63, 3.8) is 0 Å². The molecule has 0 heterocycles. The fourth-order valence-electron chi connectivity index (χ4n) is 0. The van der Waals surface area contributed by atoms with Gasteiger partial charge >= 0.3 is 5.30 Å². The fourth-order valence-corrected chi connectivity index (χ4v) is 0. The average molecular weight is 110 g/mol. The molecule has 0 radical (unpaired) electrons. The van der Waals surface area contributed by atoms with Gasteiger partial charge in [-0.2, -0.15) is 0 Å². The zero-order valence-corrected chi connectivity index (χ0v) is 3.44. The van der Waals surface area contributed by atoms with Gasteiger partial charge in [0.25, 0.3) is 11.1 Å². The largest absolute Gasteiger partial charge is 0.470 e. The molecule has 0 aliphatic rings. The summed E-state index contributed by atoms with van der Waals surface area (Å²) in [5.41, 5.74) is 0. The van der Waals surface area contributed by atoms with Crippen LogP contribution in [0, 0.1) is 0 Å². The van der Waals surface area contributed by atoms with Crippen molar-refractivity contribution in [3.8, 4) is 0 Å². The molecule has 0 aromatic heterocycles. The van der Waals surface area contributed by atoms with Crippen LogP contribution in [0.25, 0.3) is 0 Å². The van der Waals surface area contributed by atoms with Crippen LogP contribution in [0.1, 0.15) is 0 Å². The van der Waals surface area contributed by atoms with E-state index >= 15 is 0 Å². The highest BCUT2D eigenvalue weighted by Gasteiger charge is 1.99. The molecular weight excluding hydrogens is 108 g/mol. The van der Waals surface area contributed by atoms with Crippen LogP contribution in [0.15, 0.2) is 0 Å². The number of carboxylic acid groups (broad SMARTS) is 1. The smallest absolute Gasteiger partial charge is 0.422 e. The van der Waals surface area contributed by atoms with Crippen molar-refractivity contribution in [2.24, 2.45) is 0 Å². The van der Waals surface area contributed by atoms with E-state index in [-0.39, 0.29) is 0 Å². The summed E-state index contributed by atoms with van der Waals surface area (Å²) in [6.45, 7) is 0. The molecule has 0 spiro atoms. The molecule has 1 unspecified atom stereocenters. The molecule has 1 atom stereocenters. The van der Waals surface area contributed by atoms with E-state index in [1.54, 1.807) is 0 Å². The molecule has 0 fully saturated rings. The topological polar surface area (TPSA) is 74.6 Å². The van der Waals surface area contributed by atoms with E-state index in [1.807, 2.05) is 0 Å². The minimum absolute atomic E-state index is 1.71. The number of rotatable bonds is 0. The van der Waals surface area contributed by atoms with Gasteiger partial charge in [-0.1, -0.05) is 0 Å². The molecule has 0 aromatic carbocycles. The first kappa shape index (κ1) is 5.58. The Balaban J connectivity index is 3.57. The summed E-state index contributed by atoms with van der Waals surface area (Å²) in [6.07, 6.45) is 0. The average Bonchev–Trinajstić information content (AvgIpc) is 1.36. The monoisotopic (exact) mass is 110 g/mol. The van der Waals surface area contributed by atoms with Crippen molar-refractivity contribution >= 4 is 16.4 Å². The lowest BCUT2D eigenvalue weighted by molar-refractivity contribution is 0.218. The zero-order valence-electron chi connectivity index (χ0n) is 2.62. The summed E-state index contributed by atoms with van der Waals surface area (Å²) in [7, 11) is 0. The number of carbonyl (C=O) groups is 1. The first-order valence-corrected chi connectivity index (χ1v) is 2.09. The molecule has 0 aliphatic carbocycles. The minimum Gasteiger partial charge on any atom is -0.470 e. The molecular formula is CH2O4S. The highest BCUT2D eigenvalue weighted by Crippen LogP contribution is 1.70. The maximum Gasteiger partial charge on any atom is 0.422 e. The summed E-state index contributed by atoms with van der Waals surface area (Å²) in [5.74, 6) is 0. The first-order valence-electron chi connectivity index (χ1n) is 0.981. The summed E-state index contributed by atoms with van der Waals surface area (Å²) in [4.78, 5) is 9.15. The Kier molecular flexibility index (Phi) is 1.75. The number of hydrogen-bond donors (Lipinski definition) is 2. The van der Waals surface area contributed by atoms with Crippen LogP contribution < -0.4 is 0 Å². The van der Waals surface area contributed by atoms with E-state index in [4.69, 9.17) is 14.5 Å². The van der Waals surface area contributed by atoms with E-state index in [0.29, 0.717) is 0 Å². The normalized spacial score (nSPS) is 13.5. The van der Waals surface area contributed by atoms with Crippen molar-refractivity contribution < 1.29 is 18.7 Å². The molecule has 4 nitrogen and oxygen atoms in total. The Morgan fingerprint density at radius 1 is 1.67 bits per heavy atom. The Labute approximate surface area is 36.1 Å². The molecule has 2 N–H and O–H groups in total. The number of hydrogen-bond acceptors (Lipinski definition) is 2. The van der Waals surface area contributed by atoms with Gasteiger partial charge in [0.1, 0.15) is 0 Å². The molecule has 0 saturated heterocycles. The third-order valence-electron chi connectivity index (χ3n) is 0.149.